The molecular formula is C24H25B2N5O3S. The highest BCUT2D eigenvalue weighted by atomic mass is 32.2. The van der Waals surface area contributed by atoms with Crippen molar-refractivity contribution in [2.45, 2.75) is 25.1 Å². The molecule has 0 saturated carbocycles. The van der Waals surface area contributed by atoms with Gasteiger partial charge in [-0.05, 0) is 48.9 Å². The van der Waals surface area contributed by atoms with Crippen molar-refractivity contribution in [3.8, 4) is 17.0 Å². The van der Waals surface area contributed by atoms with Gasteiger partial charge in [0.05, 0.1) is 18.4 Å². The van der Waals surface area contributed by atoms with Crippen molar-refractivity contribution in [1.82, 2.24) is 18.9 Å². The predicted octanol–water partition coefficient (Wildman–Crippen LogP) is 2.15. The van der Waals surface area contributed by atoms with Gasteiger partial charge in [0.15, 0.2) is 5.65 Å². The number of aromatic hydroxyl groups is 1. The molecule has 1 aliphatic heterocycles. The van der Waals surface area contributed by atoms with Crippen molar-refractivity contribution < 1.29 is 13.5 Å². The highest BCUT2D eigenvalue weighted by Gasteiger charge is 2.31. The minimum absolute atomic E-state index is 0.110. The zero-order valence-electron chi connectivity index (χ0n) is 19.2. The molecule has 3 heterocycles. The van der Waals surface area contributed by atoms with Crippen molar-refractivity contribution in [2.75, 3.05) is 25.0 Å². The molecule has 2 aliphatic rings. The van der Waals surface area contributed by atoms with Gasteiger partial charge in [0.2, 0.25) is 10.0 Å². The van der Waals surface area contributed by atoms with E-state index in [1.807, 2.05) is 12.1 Å². The Labute approximate surface area is 207 Å². The van der Waals surface area contributed by atoms with Crippen molar-refractivity contribution in [1.29, 1.82) is 0 Å². The van der Waals surface area contributed by atoms with Gasteiger partial charge in [0, 0.05) is 37.5 Å². The lowest BCUT2D eigenvalue weighted by atomic mass is 9.82. The number of nitrogens with zero attached hydrogens (tertiary/aromatic N) is 4. The first kappa shape index (κ1) is 23.7. The number of benzene rings is 1. The molecule has 2 unspecified atom stereocenters. The van der Waals surface area contributed by atoms with E-state index in [9.17, 15) is 13.5 Å². The van der Waals surface area contributed by atoms with Crippen LogP contribution in [0.3, 0.4) is 0 Å². The Hall–Kier alpha value is -3.04. The Kier molecular flexibility index (Phi) is 6.46. The molecule has 1 aromatic carbocycles. The topological polar surface area (TPSA) is 99.8 Å². The first-order valence-electron chi connectivity index (χ1n) is 11.6. The van der Waals surface area contributed by atoms with Gasteiger partial charge in [-0.15, -0.1) is 0 Å². The lowest BCUT2D eigenvalue weighted by Gasteiger charge is -2.33. The SMILES string of the molecule is [B]c1cnn2c(NCC3CCCN(S(=O)(=O)C4=CCC([B])C=C4)C3)cc(-c3ccccc3O)nc12. The Morgan fingerprint density at radius 2 is 2.09 bits per heavy atom. The van der Waals surface area contributed by atoms with Crippen LogP contribution in [0.1, 0.15) is 19.3 Å². The molecule has 0 amide bonds. The zero-order chi connectivity index (χ0) is 24.6. The monoisotopic (exact) mass is 485 g/mol. The molecule has 8 nitrogen and oxygen atoms in total. The molecule has 0 spiro atoms. The lowest BCUT2D eigenvalue weighted by molar-refractivity contribution is 0.277. The first-order chi connectivity index (χ1) is 16.8. The van der Waals surface area contributed by atoms with E-state index >= 15 is 0 Å². The third-order valence-electron chi connectivity index (χ3n) is 6.47. The van der Waals surface area contributed by atoms with Crippen molar-refractivity contribution >= 4 is 42.6 Å². The standard InChI is InChI=1S/C24H25B2N5O3S/c25-17-7-9-18(10-8-17)35(33,34)30-11-3-4-16(15-30)13-27-23-12-21(19-5-1-2-6-22(19)32)29-24-20(26)14-28-31(23)24/h1-2,5-7,9-10,12,14,16-17,27,32H,3-4,8,11,13,15H2. The van der Waals surface area contributed by atoms with Crippen LogP contribution in [0.4, 0.5) is 5.82 Å². The first-order valence-corrected chi connectivity index (χ1v) is 13.1. The van der Waals surface area contributed by atoms with E-state index in [0.717, 1.165) is 12.8 Å². The van der Waals surface area contributed by atoms with E-state index in [-0.39, 0.29) is 17.5 Å². The fourth-order valence-electron chi connectivity index (χ4n) is 4.55. The molecule has 1 fully saturated rings. The van der Waals surface area contributed by atoms with Crippen LogP contribution in [0.5, 0.6) is 5.75 Å². The maximum atomic E-state index is 13.2. The molecule has 35 heavy (non-hydrogen) atoms. The molecule has 3 aromatic rings. The molecule has 176 valence electrons. The van der Waals surface area contributed by atoms with Crippen molar-refractivity contribution in [3.63, 3.8) is 0 Å². The number of sulfonamides is 1. The Morgan fingerprint density at radius 3 is 2.86 bits per heavy atom. The summed E-state index contributed by atoms with van der Waals surface area (Å²) in [5, 5.41) is 18.1. The average molecular weight is 485 g/mol. The summed E-state index contributed by atoms with van der Waals surface area (Å²) >= 11 is 0. The minimum Gasteiger partial charge on any atom is -0.507 e. The molecule has 0 bridgehead atoms. The second-order valence-electron chi connectivity index (χ2n) is 9.00. The number of nitrogens with one attached hydrogen (secondary N) is 1. The summed E-state index contributed by atoms with van der Waals surface area (Å²) in [5.41, 5.74) is 2.05. The molecule has 1 aliphatic carbocycles. The van der Waals surface area contributed by atoms with Crippen LogP contribution in [0.2, 0.25) is 5.82 Å². The van der Waals surface area contributed by atoms with Crippen molar-refractivity contribution in [3.05, 3.63) is 59.7 Å². The summed E-state index contributed by atoms with van der Waals surface area (Å²) in [6.45, 7) is 1.47. The number of anilines is 1. The summed E-state index contributed by atoms with van der Waals surface area (Å²) in [6.07, 6.45) is 8.80. The van der Waals surface area contributed by atoms with Gasteiger partial charge in [-0.2, -0.15) is 13.9 Å². The number of aromatic nitrogens is 3. The van der Waals surface area contributed by atoms with E-state index in [4.69, 9.17) is 15.7 Å². The third-order valence-corrected chi connectivity index (χ3v) is 8.38. The second kappa shape index (κ2) is 9.54. The van der Waals surface area contributed by atoms with Crippen LogP contribution in [0.15, 0.2) is 59.7 Å². The van der Waals surface area contributed by atoms with Crippen LogP contribution >= 0.6 is 0 Å². The maximum Gasteiger partial charge on any atom is 0.242 e. The van der Waals surface area contributed by atoms with Gasteiger partial charge in [-0.1, -0.05) is 30.1 Å². The number of para-hydroxylation sites is 1. The number of hydrogen-bond acceptors (Lipinski definition) is 6. The highest BCUT2D eigenvalue weighted by molar-refractivity contribution is 7.93. The summed E-state index contributed by atoms with van der Waals surface area (Å²) in [5.74, 6) is 0.757. The third kappa shape index (κ3) is 4.75. The predicted molar refractivity (Wildman–Crippen MR) is 139 cm³/mol. The van der Waals surface area contributed by atoms with Crippen LogP contribution in [-0.4, -0.2) is 67.8 Å². The largest absolute Gasteiger partial charge is 0.507 e. The number of hydrogen-bond donors (Lipinski definition) is 2. The van der Waals surface area contributed by atoms with Gasteiger partial charge in [-0.3, -0.25) is 0 Å². The van der Waals surface area contributed by atoms with E-state index in [0.29, 0.717) is 59.1 Å². The minimum atomic E-state index is -3.55. The van der Waals surface area contributed by atoms with Crippen LogP contribution in [-0.2, 0) is 10.0 Å². The molecule has 1 saturated heterocycles. The van der Waals surface area contributed by atoms with Crippen LogP contribution in [0, 0.1) is 5.92 Å². The Morgan fingerprint density at radius 1 is 1.26 bits per heavy atom. The zero-order valence-corrected chi connectivity index (χ0v) is 20.0. The molecule has 2 aromatic heterocycles. The molecule has 11 heteroatoms. The smallest absolute Gasteiger partial charge is 0.242 e. The number of phenolic OH excluding ortho intramolecular Hbond substituents is 1. The van der Waals surface area contributed by atoms with Crippen LogP contribution < -0.4 is 10.8 Å². The second-order valence-corrected chi connectivity index (χ2v) is 10.9. The summed E-state index contributed by atoms with van der Waals surface area (Å²) in [7, 11) is 8.39. The van der Waals surface area contributed by atoms with Gasteiger partial charge in [-0.25, -0.2) is 13.4 Å². The number of fused-ring (bicyclic) bond motifs is 1. The quantitative estimate of drug-likeness (QED) is 0.520. The summed E-state index contributed by atoms with van der Waals surface area (Å²) in [6, 6.07) is 8.79. The summed E-state index contributed by atoms with van der Waals surface area (Å²) < 4.78 is 29.5. The molecule has 4 radical (unpaired) electrons. The number of allylic oxidation sites excluding steroid dienone is 3. The number of phenols is 1. The molecular weight excluding hydrogens is 460 g/mol. The van der Waals surface area contributed by atoms with Gasteiger partial charge >= 0.3 is 0 Å². The van der Waals surface area contributed by atoms with Crippen LogP contribution in [0.25, 0.3) is 16.9 Å². The molecule has 2 N–H and O–H groups in total. The fraction of sp³-hybridized carbons (Fsp3) is 0.333. The van der Waals surface area contributed by atoms with E-state index in [2.05, 4.69) is 15.4 Å². The van der Waals surface area contributed by atoms with Gasteiger partial charge < -0.3 is 10.4 Å². The van der Waals surface area contributed by atoms with Gasteiger partial charge in [0.1, 0.15) is 19.4 Å². The number of rotatable bonds is 6. The summed E-state index contributed by atoms with van der Waals surface area (Å²) in [4.78, 5) is 4.91. The Balaban J connectivity index is 1.36. The molecule has 2 atom stereocenters. The Bertz CT molecular complexity index is 1420. The van der Waals surface area contributed by atoms with E-state index in [1.165, 1.54) is 6.20 Å². The van der Waals surface area contributed by atoms with Crippen molar-refractivity contribution in [2.24, 2.45) is 5.92 Å². The maximum absolute atomic E-state index is 13.2. The van der Waals surface area contributed by atoms with E-state index in [1.54, 1.807) is 45.2 Å². The highest BCUT2D eigenvalue weighted by Crippen LogP contribution is 2.30. The fourth-order valence-corrected chi connectivity index (χ4v) is 6.18. The molecule has 5 rings (SSSR count). The average Bonchev–Trinajstić information content (AvgIpc) is 3.24. The number of piperidine rings is 1. The normalized spacial score (nSPS) is 21.2. The van der Waals surface area contributed by atoms with Gasteiger partial charge in [0.25, 0.3) is 0 Å². The van der Waals surface area contributed by atoms with E-state index < -0.39 is 10.0 Å². The lowest BCUT2D eigenvalue weighted by Crippen LogP contribution is -2.42.